The van der Waals surface area contributed by atoms with Crippen LogP contribution in [0.15, 0.2) is 42.6 Å². The van der Waals surface area contributed by atoms with Gasteiger partial charge in [-0.2, -0.15) is 0 Å². The maximum Gasteiger partial charge on any atom is 0.337 e. The Kier molecular flexibility index (Phi) is 4.71. The fourth-order valence-corrected chi connectivity index (χ4v) is 2.14. The minimum Gasteiger partial charge on any atom is -0.478 e. The molecule has 2 rings (SSSR count). The molecule has 0 unspecified atom stereocenters. The number of carboxylic acids is 1. The van der Waals surface area contributed by atoms with E-state index in [1.807, 2.05) is 31.3 Å². The van der Waals surface area contributed by atoms with E-state index < -0.39 is 5.97 Å². The average Bonchev–Trinajstić information content (AvgIpc) is 2.39. The minimum absolute atomic E-state index is 0.200. The summed E-state index contributed by atoms with van der Waals surface area (Å²) in [6.07, 6.45) is 1.38. The van der Waals surface area contributed by atoms with Crippen LogP contribution in [0, 0.1) is 0 Å². The quantitative estimate of drug-likeness (QED) is 0.919. The predicted octanol–water partition coefficient (Wildman–Crippen LogP) is 3.07. The minimum atomic E-state index is -0.962. The van der Waals surface area contributed by atoms with Gasteiger partial charge in [0.15, 0.2) is 0 Å². The third-order valence-electron chi connectivity index (χ3n) is 2.85. The summed E-state index contributed by atoms with van der Waals surface area (Å²) >= 11 is 5.95. The number of hydrogen-bond acceptors (Lipinski definition) is 3. The van der Waals surface area contributed by atoms with Gasteiger partial charge in [-0.15, -0.1) is 0 Å². The smallest absolute Gasteiger partial charge is 0.337 e. The van der Waals surface area contributed by atoms with E-state index in [9.17, 15) is 4.79 Å². The molecule has 0 bridgehead atoms. The number of carboxylic acid groups (broad SMARTS) is 1. The van der Waals surface area contributed by atoms with E-state index in [1.165, 1.54) is 6.20 Å². The molecule has 5 heteroatoms. The van der Waals surface area contributed by atoms with Crippen molar-refractivity contribution in [2.24, 2.45) is 0 Å². The Labute approximate surface area is 122 Å². The molecular formula is C15H15ClN2O2. The van der Waals surface area contributed by atoms with Crippen LogP contribution >= 0.6 is 11.6 Å². The Hall–Kier alpha value is -1.91. The highest BCUT2D eigenvalue weighted by atomic mass is 35.5. The fourth-order valence-electron chi connectivity index (χ4n) is 1.92. The fraction of sp³-hybridized carbons (Fsp3) is 0.200. The van der Waals surface area contributed by atoms with Crippen molar-refractivity contribution in [1.29, 1.82) is 0 Å². The summed E-state index contributed by atoms with van der Waals surface area (Å²) in [5.74, 6) is -0.962. The molecule has 0 amide bonds. The van der Waals surface area contributed by atoms with Crippen LogP contribution in [0.4, 0.5) is 0 Å². The molecule has 1 N–H and O–H groups in total. The second-order valence-corrected chi connectivity index (χ2v) is 5.08. The van der Waals surface area contributed by atoms with Gasteiger partial charge in [-0.05, 0) is 36.9 Å². The van der Waals surface area contributed by atoms with Crippen molar-refractivity contribution in [3.8, 4) is 0 Å². The summed E-state index contributed by atoms with van der Waals surface area (Å²) in [5.41, 5.74) is 2.16. The molecule has 1 heterocycles. The first kappa shape index (κ1) is 14.5. The molecule has 20 heavy (non-hydrogen) atoms. The first-order valence-electron chi connectivity index (χ1n) is 6.16. The van der Waals surface area contributed by atoms with E-state index in [0.29, 0.717) is 6.54 Å². The third-order valence-corrected chi connectivity index (χ3v) is 3.08. The van der Waals surface area contributed by atoms with E-state index >= 15 is 0 Å². The molecule has 0 atom stereocenters. The Morgan fingerprint density at radius 3 is 2.70 bits per heavy atom. The number of nitrogens with zero attached hydrogens (tertiary/aromatic N) is 2. The van der Waals surface area contributed by atoms with E-state index in [4.69, 9.17) is 16.7 Å². The normalized spacial score (nSPS) is 10.8. The standard InChI is InChI=1S/C15H15ClN2O2/c1-18(9-11-3-2-4-13(16)7-11)10-14-6-5-12(8-17-14)15(19)20/h2-8H,9-10H2,1H3,(H,19,20). The van der Waals surface area contributed by atoms with Crippen molar-refractivity contribution in [3.05, 3.63) is 64.4 Å². The number of rotatable bonds is 5. The van der Waals surface area contributed by atoms with Crippen LogP contribution in [0.3, 0.4) is 0 Å². The van der Waals surface area contributed by atoms with Gasteiger partial charge in [-0.3, -0.25) is 9.88 Å². The number of carbonyl (C=O) groups is 1. The molecule has 0 aliphatic carbocycles. The summed E-state index contributed by atoms with van der Waals surface area (Å²) in [5, 5.41) is 9.54. The molecule has 0 fully saturated rings. The van der Waals surface area contributed by atoms with Crippen LogP contribution < -0.4 is 0 Å². The third kappa shape index (κ3) is 4.05. The number of pyridine rings is 1. The van der Waals surface area contributed by atoms with Crippen molar-refractivity contribution >= 4 is 17.6 Å². The average molecular weight is 291 g/mol. The zero-order valence-corrected chi connectivity index (χ0v) is 11.8. The number of aromatic carboxylic acids is 1. The van der Waals surface area contributed by atoms with Gasteiger partial charge in [-0.25, -0.2) is 4.79 Å². The van der Waals surface area contributed by atoms with Gasteiger partial charge in [0.2, 0.25) is 0 Å². The predicted molar refractivity (Wildman–Crippen MR) is 77.8 cm³/mol. The molecule has 2 aromatic rings. The Morgan fingerprint density at radius 1 is 1.30 bits per heavy atom. The highest BCUT2D eigenvalue weighted by Gasteiger charge is 2.06. The van der Waals surface area contributed by atoms with Gasteiger partial charge in [0.25, 0.3) is 0 Å². The highest BCUT2D eigenvalue weighted by molar-refractivity contribution is 6.30. The molecule has 104 valence electrons. The summed E-state index contributed by atoms with van der Waals surface area (Å²) in [4.78, 5) is 17.0. The van der Waals surface area contributed by atoms with Gasteiger partial charge in [-0.1, -0.05) is 23.7 Å². The lowest BCUT2D eigenvalue weighted by molar-refractivity contribution is 0.0696. The molecule has 1 aromatic carbocycles. The number of aromatic nitrogens is 1. The molecule has 0 radical (unpaired) electrons. The van der Waals surface area contributed by atoms with Gasteiger partial charge >= 0.3 is 5.97 Å². The van der Waals surface area contributed by atoms with Crippen LogP contribution in [0.5, 0.6) is 0 Å². The van der Waals surface area contributed by atoms with Crippen LogP contribution in [0.25, 0.3) is 0 Å². The van der Waals surface area contributed by atoms with Gasteiger partial charge < -0.3 is 5.11 Å². The van der Waals surface area contributed by atoms with Crippen molar-refractivity contribution in [2.75, 3.05) is 7.05 Å². The Bertz CT molecular complexity index is 599. The molecule has 0 aliphatic heterocycles. The summed E-state index contributed by atoms with van der Waals surface area (Å²) in [6.45, 7) is 1.40. The largest absolute Gasteiger partial charge is 0.478 e. The molecule has 0 spiro atoms. The molecule has 0 saturated carbocycles. The van der Waals surface area contributed by atoms with Crippen LogP contribution in [-0.2, 0) is 13.1 Å². The summed E-state index contributed by atoms with van der Waals surface area (Å²) in [7, 11) is 1.98. The summed E-state index contributed by atoms with van der Waals surface area (Å²) < 4.78 is 0. The Balaban J connectivity index is 1.97. The highest BCUT2D eigenvalue weighted by Crippen LogP contribution is 2.13. The van der Waals surface area contributed by atoms with Crippen molar-refractivity contribution in [2.45, 2.75) is 13.1 Å². The Morgan fingerprint density at radius 2 is 2.10 bits per heavy atom. The number of halogens is 1. The van der Waals surface area contributed by atoms with E-state index in [2.05, 4.69) is 9.88 Å². The molecule has 0 aliphatic rings. The van der Waals surface area contributed by atoms with E-state index in [1.54, 1.807) is 12.1 Å². The van der Waals surface area contributed by atoms with Crippen molar-refractivity contribution in [1.82, 2.24) is 9.88 Å². The van der Waals surface area contributed by atoms with Gasteiger partial charge in [0.1, 0.15) is 0 Å². The first-order chi connectivity index (χ1) is 9.54. The van der Waals surface area contributed by atoms with Crippen LogP contribution in [0.2, 0.25) is 5.02 Å². The van der Waals surface area contributed by atoms with Crippen LogP contribution in [-0.4, -0.2) is 28.0 Å². The SMILES string of the molecule is CN(Cc1cccc(Cl)c1)Cc1ccc(C(=O)O)cn1. The van der Waals surface area contributed by atoms with Gasteiger partial charge in [0, 0.05) is 24.3 Å². The molecule has 1 aromatic heterocycles. The second kappa shape index (κ2) is 6.50. The molecular weight excluding hydrogens is 276 g/mol. The van der Waals surface area contributed by atoms with Crippen LogP contribution in [0.1, 0.15) is 21.6 Å². The number of hydrogen-bond donors (Lipinski definition) is 1. The lowest BCUT2D eigenvalue weighted by Crippen LogP contribution is -2.18. The van der Waals surface area contributed by atoms with Crippen molar-refractivity contribution in [3.63, 3.8) is 0 Å². The monoisotopic (exact) mass is 290 g/mol. The lowest BCUT2D eigenvalue weighted by atomic mass is 10.2. The van der Waals surface area contributed by atoms with E-state index in [0.717, 1.165) is 22.8 Å². The zero-order chi connectivity index (χ0) is 14.5. The topological polar surface area (TPSA) is 53.4 Å². The van der Waals surface area contributed by atoms with E-state index in [-0.39, 0.29) is 5.56 Å². The summed E-state index contributed by atoms with van der Waals surface area (Å²) in [6, 6.07) is 11.0. The first-order valence-corrected chi connectivity index (χ1v) is 6.53. The maximum absolute atomic E-state index is 10.7. The molecule has 0 saturated heterocycles. The maximum atomic E-state index is 10.7. The number of benzene rings is 1. The molecule has 4 nitrogen and oxygen atoms in total. The van der Waals surface area contributed by atoms with Crippen molar-refractivity contribution < 1.29 is 9.90 Å². The van der Waals surface area contributed by atoms with Gasteiger partial charge in [0.05, 0.1) is 11.3 Å². The second-order valence-electron chi connectivity index (χ2n) is 4.65. The lowest BCUT2D eigenvalue weighted by Gasteiger charge is -2.16. The zero-order valence-electron chi connectivity index (χ0n) is 11.1.